The van der Waals surface area contributed by atoms with E-state index in [9.17, 15) is 8.78 Å². The summed E-state index contributed by atoms with van der Waals surface area (Å²) in [6.07, 6.45) is 1.45. The number of nitrogens with two attached hydrogens (primary N) is 2. The van der Waals surface area contributed by atoms with Crippen molar-refractivity contribution in [2.75, 3.05) is 0 Å². The van der Waals surface area contributed by atoms with Gasteiger partial charge in [-0.1, -0.05) is 12.1 Å². The Labute approximate surface area is 125 Å². The standard InChI is InChI=1S/C15H14F2N4O/c16-12-5-4-11(14(17)7-12)9-22-13-3-1-2-10(6-13)8-20-21-15(18)19/h1-8H,9H2,(H4,18,19,21). The molecule has 0 aliphatic heterocycles. The van der Waals surface area contributed by atoms with Crippen LogP contribution < -0.4 is 16.2 Å². The molecule has 2 aromatic carbocycles. The molecule has 2 aromatic rings. The first-order valence-corrected chi connectivity index (χ1v) is 6.33. The van der Waals surface area contributed by atoms with Gasteiger partial charge in [0.2, 0.25) is 5.96 Å². The lowest BCUT2D eigenvalue weighted by molar-refractivity contribution is 0.299. The van der Waals surface area contributed by atoms with E-state index in [2.05, 4.69) is 10.2 Å². The Hall–Kier alpha value is -2.96. The Morgan fingerprint density at radius 3 is 2.68 bits per heavy atom. The average Bonchev–Trinajstić information content (AvgIpc) is 2.46. The van der Waals surface area contributed by atoms with Crippen LogP contribution in [0.15, 0.2) is 52.7 Å². The van der Waals surface area contributed by atoms with Crippen molar-refractivity contribution in [2.45, 2.75) is 6.61 Å². The molecule has 7 heteroatoms. The predicted octanol–water partition coefficient (Wildman–Crippen LogP) is 2.15. The van der Waals surface area contributed by atoms with Crippen LogP contribution in [-0.4, -0.2) is 12.2 Å². The largest absolute Gasteiger partial charge is 0.489 e. The van der Waals surface area contributed by atoms with Crippen molar-refractivity contribution in [1.29, 1.82) is 0 Å². The monoisotopic (exact) mass is 304 g/mol. The van der Waals surface area contributed by atoms with Gasteiger partial charge in [-0.3, -0.25) is 0 Å². The van der Waals surface area contributed by atoms with Crippen molar-refractivity contribution in [3.05, 3.63) is 65.2 Å². The Bertz CT molecular complexity index is 712. The zero-order valence-electron chi connectivity index (χ0n) is 11.5. The van der Waals surface area contributed by atoms with Gasteiger partial charge in [0.15, 0.2) is 0 Å². The van der Waals surface area contributed by atoms with Crippen LogP contribution in [0.3, 0.4) is 0 Å². The third kappa shape index (κ3) is 4.55. The van der Waals surface area contributed by atoms with Gasteiger partial charge in [0.1, 0.15) is 24.0 Å². The number of nitrogens with zero attached hydrogens (tertiary/aromatic N) is 2. The van der Waals surface area contributed by atoms with Gasteiger partial charge in [-0.25, -0.2) is 8.78 Å². The number of guanidine groups is 1. The highest BCUT2D eigenvalue weighted by Gasteiger charge is 2.04. The second-order valence-corrected chi connectivity index (χ2v) is 4.37. The maximum atomic E-state index is 13.5. The van der Waals surface area contributed by atoms with Crippen molar-refractivity contribution < 1.29 is 13.5 Å². The van der Waals surface area contributed by atoms with Gasteiger partial charge in [-0.15, -0.1) is 5.10 Å². The van der Waals surface area contributed by atoms with Crippen LogP contribution in [0, 0.1) is 11.6 Å². The molecule has 0 aliphatic carbocycles. The van der Waals surface area contributed by atoms with E-state index in [1.165, 1.54) is 18.3 Å². The molecule has 0 aromatic heterocycles. The Balaban J connectivity index is 2.04. The predicted molar refractivity (Wildman–Crippen MR) is 80.5 cm³/mol. The minimum absolute atomic E-state index is 0.0133. The second kappa shape index (κ2) is 7.16. The maximum Gasteiger partial charge on any atom is 0.211 e. The molecular formula is C15H14F2N4O. The van der Waals surface area contributed by atoms with Crippen LogP contribution >= 0.6 is 0 Å². The first-order valence-electron chi connectivity index (χ1n) is 6.33. The molecule has 5 nitrogen and oxygen atoms in total. The summed E-state index contributed by atoms with van der Waals surface area (Å²) in [5.74, 6) is -0.905. The highest BCUT2D eigenvalue weighted by Crippen LogP contribution is 2.16. The van der Waals surface area contributed by atoms with Crippen LogP contribution in [0.1, 0.15) is 11.1 Å². The minimum Gasteiger partial charge on any atom is -0.489 e. The summed E-state index contributed by atoms with van der Waals surface area (Å²) in [6, 6.07) is 10.3. The lowest BCUT2D eigenvalue weighted by atomic mass is 10.2. The van der Waals surface area contributed by atoms with Crippen LogP contribution in [0.2, 0.25) is 0 Å². The quantitative estimate of drug-likeness (QED) is 0.504. The van der Waals surface area contributed by atoms with Crippen LogP contribution in [0.25, 0.3) is 0 Å². The molecule has 4 N–H and O–H groups in total. The van der Waals surface area contributed by atoms with Gasteiger partial charge in [0.05, 0.1) is 6.21 Å². The van der Waals surface area contributed by atoms with E-state index in [0.29, 0.717) is 11.3 Å². The van der Waals surface area contributed by atoms with Crippen molar-refractivity contribution in [3.63, 3.8) is 0 Å². The van der Waals surface area contributed by atoms with Gasteiger partial charge in [0.25, 0.3) is 0 Å². The molecule has 2 rings (SSSR count). The lowest BCUT2D eigenvalue weighted by Crippen LogP contribution is -2.21. The van der Waals surface area contributed by atoms with Crippen molar-refractivity contribution in [2.24, 2.45) is 21.7 Å². The fourth-order valence-electron chi connectivity index (χ4n) is 1.65. The van der Waals surface area contributed by atoms with Gasteiger partial charge in [-0.2, -0.15) is 5.10 Å². The zero-order chi connectivity index (χ0) is 15.9. The third-order valence-corrected chi connectivity index (χ3v) is 2.65. The van der Waals surface area contributed by atoms with E-state index in [-0.39, 0.29) is 18.1 Å². The first-order chi connectivity index (χ1) is 10.5. The molecule has 0 unspecified atom stereocenters. The lowest BCUT2D eigenvalue weighted by Gasteiger charge is -2.07. The van der Waals surface area contributed by atoms with E-state index in [1.807, 2.05) is 0 Å². The molecular weight excluding hydrogens is 290 g/mol. The summed E-state index contributed by atoms with van der Waals surface area (Å²) >= 11 is 0. The molecule has 0 heterocycles. The summed E-state index contributed by atoms with van der Waals surface area (Å²) in [5, 5.41) is 7.16. The van der Waals surface area contributed by atoms with E-state index in [1.54, 1.807) is 24.3 Å². The summed E-state index contributed by atoms with van der Waals surface area (Å²) < 4.78 is 31.8. The summed E-state index contributed by atoms with van der Waals surface area (Å²) in [7, 11) is 0. The number of hydrogen-bond donors (Lipinski definition) is 2. The molecule has 0 saturated carbocycles. The van der Waals surface area contributed by atoms with Gasteiger partial charge in [-0.05, 0) is 29.8 Å². The van der Waals surface area contributed by atoms with Gasteiger partial charge >= 0.3 is 0 Å². The smallest absolute Gasteiger partial charge is 0.211 e. The van der Waals surface area contributed by atoms with E-state index >= 15 is 0 Å². The van der Waals surface area contributed by atoms with Gasteiger partial charge < -0.3 is 16.2 Å². The van der Waals surface area contributed by atoms with E-state index in [0.717, 1.165) is 6.07 Å². The average molecular weight is 304 g/mol. The fourth-order valence-corrected chi connectivity index (χ4v) is 1.65. The van der Waals surface area contributed by atoms with Crippen molar-refractivity contribution in [1.82, 2.24) is 0 Å². The molecule has 0 saturated heterocycles. The Morgan fingerprint density at radius 2 is 1.95 bits per heavy atom. The molecule has 22 heavy (non-hydrogen) atoms. The third-order valence-electron chi connectivity index (χ3n) is 2.65. The number of ether oxygens (including phenoxy) is 1. The van der Waals surface area contributed by atoms with Crippen LogP contribution in [0.5, 0.6) is 5.75 Å². The molecule has 114 valence electrons. The minimum atomic E-state index is -0.648. The summed E-state index contributed by atoms with van der Waals surface area (Å²) in [4.78, 5) is 0. The molecule has 0 fully saturated rings. The SMILES string of the molecule is NC(N)=NN=Cc1cccc(OCc2ccc(F)cc2F)c1. The highest BCUT2D eigenvalue weighted by atomic mass is 19.1. The zero-order valence-corrected chi connectivity index (χ0v) is 11.5. The van der Waals surface area contributed by atoms with E-state index < -0.39 is 11.6 Å². The first kappa shape index (κ1) is 15.4. The summed E-state index contributed by atoms with van der Waals surface area (Å²) in [5.41, 5.74) is 11.3. The van der Waals surface area contributed by atoms with Crippen LogP contribution in [0.4, 0.5) is 8.78 Å². The second-order valence-electron chi connectivity index (χ2n) is 4.37. The summed E-state index contributed by atoms with van der Waals surface area (Å²) in [6.45, 7) is -0.0133. The van der Waals surface area contributed by atoms with Gasteiger partial charge in [0, 0.05) is 11.6 Å². The normalized spacial score (nSPS) is 10.6. The van der Waals surface area contributed by atoms with E-state index in [4.69, 9.17) is 16.2 Å². The molecule has 0 atom stereocenters. The maximum absolute atomic E-state index is 13.5. The highest BCUT2D eigenvalue weighted by molar-refractivity contribution is 5.81. The number of benzene rings is 2. The number of hydrogen-bond acceptors (Lipinski definition) is 3. The topological polar surface area (TPSA) is 86.0 Å². The van der Waals surface area contributed by atoms with Crippen molar-refractivity contribution in [3.8, 4) is 5.75 Å². The Morgan fingerprint density at radius 1 is 1.14 bits per heavy atom. The molecule has 0 spiro atoms. The van der Waals surface area contributed by atoms with Crippen molar-refractivity contribution >= 4 is 12.2 Å². The fraction of sp³-hybridized carbons (Fsp3) is 0.0667. The molecule has 0 amide bonds. The van der Waals surface area contributed by atoms with Crippen LogP contribution in [-0.2, 0) is 6.61 Å². The molecule has 0 radical (unpaired) electrons. The molecule has 0 aliphatic rings. The molecule has 0 bridgehead atoms. The number of rotatable bonds is 5. The number of halogens is 2. The Kier molecular flexibility index (Phi) is 5.02.